The average molecular weight is 462 g/mol. The molecule has 0 bridgehead atoms. The first-order valence-corrected chi connectivity index (χ1v) is 11.3. The number of amides is 1. The third kappa shape index (κ3) is 6.79. The van der Waals surface area contributed by atoms with Crippen molar-refractivity contribution in [2.24, 2.45) is 4.99 Å². The Morgan fingerprint density at radius 3 is 2.39 bits per heavy atom. The molecule has 33 heavy (non-hydrogen) atoms. The van der Waals surface area contributed by atoms with Crippen LogP contribution in [0.1, 0.15) is 68.1 Å². The minimum atomic E-state index is -4.36. The highest BCUT2D eigenvalue weighted by Crippen LogP contribution is 2.31. The summed E-state index contributed by atoms with van der Waals surface area (Å²) in [5.74, 6) is 0.314. The summed E-state index contributed by atoms with van der Waals surface area (Å²) in [6.07, 6.45) is 0.397. The smallest absolute Gasteiger partial charge is 0.416 e. The summed E-state index contributed by atoms with van der Waals surface area (Å²) in [6, 6.07) is 8.54. The first-order valence-electron chi connectivity index (χ1n) is 11.3. The van der Waals surface area contributed by atoms with Crippen molar-refractivity contribution < 1.29 is 22.7 Å². The second kappa shape index (κ2) is 10.8. The normalized spacial score (nSPS) is 16.5. The second-order valence-corrected chi connectivity index (χ2v) is 8.42. The van der Waals surface area contributed by atoms with Gasteiger partial charge in [0.15, 0.2) is 0 Å². The molecule has 1 aliphatic heterocycles. The maximum absolute atomic E-state index is 12.8. The number of rotatable bonds is 7. The van der Waals surface area contributed by atoms with E-state index < -0.39 is 11.7 Å². The van der Waals surface area contributed by atoms with E-state index in [9.17, 15) is 18.0 Å². The van der Waals surface area contributed by atoms with Gasteiger partial charge in [-0.25, -0.2) is 0 Å². The zero-order chi connectivity index (χ0) is 24.0. The number of piperidine rings is 1. The van der Waals surface area contributed by atoms with E-state index in [1.54, 1.807) is 17.2 Å². The molecule has 0 saturated carbocycles. The van der Waals surface area contributed by atoms with Crippen LogP contribution in [0.5, 0.6) is 5.75 Å². The van der Waals surface area contributed by atoms with Gasteiger partial charge in [0.05, 0.1) is 22.5 Å². The molecule has 2 aromatic rings. The summed E-state index contributed by atoms with van der Waals surface area (Å²) in [6.45, 7) is 7.17. The monoisotopic (exact) mass is 461 g/mol. The van der Waals surface area contributed by atoms with E-state index in [1.165, 1.54) is 12.1 Å². The summed E-state index contributed by atoms with van der Waals surface area (Å²) >= 11 is 0. The summed E-state index contributed by atoms with van der Waals surface area (Å²) in [5.41, 5.74) is 1.44. The predicted octanol–water partition coefficient (Wildman–Crippen LogP) is 5.78. The van der Waals surface area contributed by atoms with Gasteiger partial charge in [-0.1, -0.05) is 13.3 Å². The number of carbonyl (C=O) groups is 1. The highest BCUT2D eigenvalue weighted by molar-refractivity contribution is 5.98. The van der Waals surface area contributed by atoms with Gasteiger partial charge in [0.2, 0.25) is 0 Å². The van der Waals surface area contributed by atoms with Crippen LogP contribution >= 0.6 is 0 Å². The van der Waals surface area contributed by atoms with Crippen molar-refractivity contribution in [1.82, 2.24) is 9.88 Å². The molecule has 0 aliphatic carbocycles. The lowest BCUT2D eigenvalue weighted by atomic mass is 10.1. The number of halogens is 3. The molecule has 1 aromatic heterocycles. The van der Waals surface area contributed by atoms with E-state index in [2.05, 4.69) is 23.8 Å². The van der Waals surface area contributed by atoms with Crippen LogP contribution in [0.15, 0.2) is 47.6 Å². The van der Waals surface area contributed by atoms with Crippen LogP contribution in [0.4, 0.5) is 13.2 Å². The Labute approximate surface area is 192 Å². The number of benzene rings is 1. The van der Waals surface area contributed by atoms with E-state index in [1.807, 2.05) is 13.0 Å². The summed E-state index contributed by atoms with van der Waals surface area (Å²) < 4.78 is 43.9. The number of nitrogens with zero attached hydrogens (tertiary/aromatic N) is 3. The first kappa shape index (κ1) is 24.7. The number of hydrogen-bond acceptors (Lipinski definition) is 4. The Kier molecular flexibility index (Phi) is 8.10. The molecule has 1 atom stereocenters. The van der Waals surface area contributed by atoms with E-state index >= 15 is 0 Å². The van der Waals surface area contributed by atoms with Crippen LogP contribution < -0.4 is 4.74 Å². The average Bonchev–Trinajstić information content (AvgIpc) is 2.79. The molecule has 1 fully saturated rings. The lowest BCUT2D eigenvalue weighted by molar-refractivity contribution is -0.137. The molecular formula is C25H30F3N3O2. The van der Waals surface area contributed by atoms with E-state index in [4.69, 9.17) is 4.74 Å². The molecule has 1 saturated heterocycles. The van der Waals surface area contributed by atoms with Crippen LogP contribution in [0.2, 0.25) is 0 Å². The van der Waals surface area contributed by atoms with Gasteiger partial charge in [-0.2, -0.15) is 13.2 Å². The maximum Gasteiger partial charge on any atom is 0.416 e. The molecule has 178 valence electrons. The van der Waals surface area contributed by atoms with Gasteiger partial charge in [-0.05, 0) is 56.7 Å². The maximum atomic E-state index is 12.8. The fourth-order valence-corrected chi connectivity index (χ4v) is 3.89. The number of hydrogen-bond donors (Lipinski definition) is 0. The van der Waals surface area contributed by atoms with E-state index in [0.29, 0.717) is 37.2 Å². The number of aliphatic imine (C=N–C) groups is 1. The summed E-state index contributed by atoms with van der Waals surface area (Å²) in [4.78, 5) is 23.7. The fraction of sp³-hybridized carbons (Fsp3) is 0.480. The molecule has 1 unspecified atom stereocenters. The molecule has 0 N–H and O–H groups in total. The SMILES string of the molecule is CCCC(C)N=C(C)c1ccc(C(=O)N2CCC(Oc3ccc(C(F)(F)F)cc3)CC2)cn1. The largest absolute Gasteiger partial charge is 0.490 e. The lowest BCUT2D eigenvalue weighted by Crippen LogP contribution is -2.41. The number of likely N-dealkylation sites (tertiary alicyclic amines) is 1. The fourth-order valence-electron chi connectivity index (χ4n) is 3.89. The third-order valence-corrected chi connectivity index (χ3v) is 5.72. The standard InChI is InChI=1S/C25H30F3N3O2/c1-4-5-17(2)30-18(3)23-11-6-19(16-29-23)24(32)31-14-12-22(13-15-31)33-21-9-7-20(8-10-21)25(26,27)28/h6-11,16-17,22H,4-5,12-15H2,1-3H3. The van der Waals surface area contributed by atoms with Gasteiger partial charge in [-0.15, -0.1) is 0 Å². The molecule has 1 aliphatic rings. The molecular weight excluding hydrogens is 431 g/mol. The van der Waals surface area contributed by atoms with Crippen LogP contribution in [-0.2, 0) is 6.18 Å². The van der Waals surface area contributed by atoms with Crippen molar-refractivity contribution in [1.29, 1.82) is 0 Å². The number of pyridine rings is 1. The zero-order valence-electron chi connectivity index (χ0n) is 19.2. The van der Waals surface area contributed by atoms with Crippen molar-refractivity contribution in [3.63, 3.8) is 0 Å². The zero-order valence-corrected chi connectivity index (χ0v) is 19.2. The second-order valence-electron chi connectivity index (χ2n) is 8.42. The molecule has 3 rings (SSSR count). The molecule has 0 spiro atoms. The highest BCUT2D eigenvalue weighted by Gasteiger charge is 2.30. The molecule has 1 aromatic carbocycles. The van der Waals surface area contributed by atoms with Crippen molar-refractivity contribution in [2.75, 3.05) is 13.1 Å². The van der Waals surface area contributed by atoms with Crippen LogP contribution in [0, 0.1) is 0 Å². The van der Waals surface area contributed by atoms with Gasteiger partial charge in [0, 0.05) is 38.2 Å². The molecule has 0 radical (unpaired) electrons. The molecule has 8 heteroatoms. The van der Waals surface area contributed by atoms with Crippen LogP contribution in [-0.4, -0.2) is 46.7 Å². The van der Waals surface area contributed by atoms with Crippen molar-refractivity contribution in [3.8, 4) is 5.75 Å². The van der Waals surface area contributed by atoms with Crippen molar-refractivity contribution in [2.45, 2.75) is 64.8 Å². The van der Waals surface area contributed by atoms with Crippen molar-refractivity contribution >= 4 is 11.6 Å². The van der Waals surface area contributed by atoms with Crippen molar-refractivity contribution in [3.05, 3.63) is 59.4 Å². The molecule has 1 amide bonds. The van der Waals surface area contributed by atoms with Gasteiger partial charge >= 0.3 is 6.18 Å². The predicted molar refractivity (Wildman–Crippen MR) is 122 cm³/mol. The van der Waals surface area contributed by atoms with Gasteiger partial charge < -0.3 is 9.64 Å². The quantitative estimate of drug-likeness (QED) is 0.491. The number of carbonyl (C=O) groups excluding carboxylic acids is 1. The Morgan fingerprint density at radius 2 is 1.85 bits per heavy atom. The lowest BCUT2D eigenvalue weighted by Gasteiger charge is -2.32. The van der Waals surface area contributed by atoms with Gasteiger partial charge in [0.1, 0.15) is 11.9 Å². The third-order valence-electron chi connectivity index (χ3n) is 5.72. The number of alkyl halides is 3. The summed E-state index contributed by atoms with van der Waals surface area (Å²) in [7, 11) is 0. The van der Waals surface area contributed by atoms with Gasteiger partial charge in [0.25, 0.3) is 5.91 Å². The van der Waals surface area contributed by atoms with E-state index in [-0.39, 0.29) is 18.1 Å². The van der Waals surface area contributed by atoms with E-state index in [0.717, 1.165) is 36.4 Å². The van der Waals surface area contributed by atoms with Crippen LogP contribution in [0.3, 0.4) is 0 Å². The minimum Gasteiger partial charge on any atom is -0.490 e. The molecule has 5 nitrogen and oxygen atoms in total. The topological polar surface area (TPSA) is 54.8 Å². The molecule has 2 heterocycles. The number of aromatic nitrogens is 1. The van der Waals surface area contributed by atoms with Crippen LogP contribution in [0.25, 0.3) is 0 Å². The number of ether oxygens (including phenoxy) is 1. The Bertz CT molecular complexity index is 948. The Hall–Kier alpha value is -2.90. The minimum absolute atomic E-state index is 0.0871. The highest BCUT2D eigenvalue weighted by atomic mass is 19.4. The Morgan fingerprint density at radius 1 is 1.18 bits per heavy atom. The Balaban J connectivity index is 1.53. The van der Waals surface area contributed by atoms with Gasteiger partial charge in [-0.3, -0.25) is 14.8 Å². The first-order chi connectivity index (χ1) is 15.7. The summed E-state index contributed by atoms with van der Waals surface area (Å²) in [5, 5.41) is 0.